The van der Waals surface area contributed by atoms with E-state index in [0.717, 1.165) is 6.42 Å². The van der Waals surface area contributed by atoms with E-state index in [-0.39, 0.29) is 0 Å². The standard InChI is InChI=1S/C20H42Cl2Si2/c1-5-9-15-23(21,16-10-6-2)19-13-14-20-24(22,17-11-7-3)18-12-8-4/h13,19H,5-12,14-18,20H2,1-4H3/b19-13+. The first-order valence-electron chi connectivity index (χ1n) is 10.5. The molecular formula is C20H42Cl2Si2. The van der Waals surface area contributed by atoms with E-state index >= 15 is 0 Å². The average molecular weight is 410 g/mol. The summed E-state index contributed by atoms with van der Waals surface area (Å²) in [6, 6.07) is 6.34. The molecule has 0 aliphatic heterocycles. The van der Waals surface area contributed by atoms with E-state index in [1.165, 1.54) is 81.6 Å². The van der Waals surface area contributed by atoms with Crippen molar-refractivity contribution >= 4 is 36.9 Å². The lowest BCUT2D eigenvalue weighted by molar-refractivity contribution is 0.829. The number of halogens is 2. The fraction of sp³-hybridized carbons (Fsp3) is 0.900. The Morgan fingerprint density at radius 1 is 0.625 bits per heavy atom. The van der Waals surface area contributed by atoms with Gasteiger partial charge in [-0.05, 0) is 36.6 Å². The van der Waals surface area contributed by atoms with Crippen LogP contribution in [0.3, 0.4) is 0 Å². The van der Waals surface area contributed by atoms with Crippen LogP contribution in [0.1, 0.15) is 85.5 Å². The van der Waals surface area contributed by atoms with Gasteiger partial charge in [-0.2, -0.15) is 22.2 Å². The largest absolute Gasteiger partial charge is 0.179 e. The Bertz CT molecular complexity index is 303. The van der Waals surface area contributed by atoms with Crippen molar-refractivity contribution in [2.45, 2.75) is 116 Å². The summed E-state index contributed by atoms with van der Waals surface area (Å²) in [6.07, 6.45) is 13.8. The van der Waals surface area contributed by atoms with Crippen molar-refractivity contribution in [1.29, 1.82) is 0 Å². The van der Waals surface area contributed by atoms with Gasteiger partial charge >= 0.3 is 0 Å². The Hall–Kier alpha value is 0.754. The number of hydrogen-bond acceptors (Lipinski definition) is 0. The Kier molecular flexibility index (Phi) is 15.3. The van der Waals surface area contributed by atoms with Gasteiger partial charge in [0.25, 0.3) is 0 Å². The van der Waals surface area contributed by atoms with Gasteiger partial charge in [0, 0.05) is 0 Å². The van der Waals surface area contributed by atoms with E-state index in [9.17, 15) is 0 Å². The average Bonchev–Trinajstić information content (AvgIpc) is 2.59. The summed E-state index contributed by atoms with van der Waals surface area (Å²) < 4.78 is 0. The molecule has 0 aliphatic rings. The lowest BCUT2D eigenvalue weighted by Gasteiger charge is -2.24. The third kappa shape index (κ3) is 12.2. The Labute approximate surface area is 164 Å². The minimum absolute atomic E-state index is 1.16. The third-order valence-corrected chi connectivity index (χ3v) is 15.1. The Morgan fingerprint density at radius 2 is 1.04 bits per heavy atom. The summed E-state index contributed by atoms with van der Waals surface area (Å²) in [5, 5.41) is 0. The summed E-state index contributed by atoms with van der Waals surface area (Å²) in [7, 11) is -3.22. The monoisotopic (exact) mass is 408 g/mol. The zero-order valence-corrected chi connectivity index (χ0v) is 20.3. The van der Waals surface area contributed by atoms with Gasteiger partial charge in [0.2, 0.25) is 0 Å². The van der Waals surface area contributed by atoms with Gasteiger partial charge in [0.05, 0.1) is 0 Å². The van der Waals surface area contributed by atoms with E-state index in [1.807, 2.05) is 0 Å². The molecule has 4 heteroatoms. The summed E-state index contributed by atoms with van der Waals surface area (Å²) >= 11 is 14.1. The van der Waals surface area contributed by atoms with Gasteiger partial charge in [-0.1, -0.05) is 90.8 Å². The quantitative estimate of drug-likeness (QED) is 0.176. The smallest absolute Gasteiger partial charge is 0.167 e. The maximum Gasteiger partial charge on any atom is 0.179 e. The molecule has 0 aromatic heterocycles. The number of unbranched alkanes of at least 4 members (excludes halogenated alkanes) is 4. The first-order chi connectivity index (χ1) is 11.4. The van der Waals surface area contributed by atoms with Crippen LogP contribution in [0.15, 0.2) is 11.8 Å². The first-order valence-corrected chi connectivity index (χ1v) is 17.6. The van der Waals surface area contributed by atoms with Crippen LogP contribution in [0, 0.1) is 0 Å². The fourth-order valence-corrected chi connectivity index (χ4v) is 11.9. The molecule has 0 atom stereocenters. The molecule has 0 aromatic rings. The second-order valence-electron chi connectivity index (χ2n) is 7.54. The van der Waals surface area contributed by atoms with Gasteiger partial charge in [0.15, 0.2) is 14.8 Å². The molecule has 0 N–H and O–H groups in total. The molecule has 0 radical (unpaired) electrons. The topological polar surface area (TPSA) is 0 Å². The van der Waals surface area contributed by atoms with Crippen LogP contribution in [-0.2, 0) is 0 Å². The molecule has 0 saturated heterocycles. The van der Waals surface area contributed by atoms with E-state index in [4.69, 9.17) is 22.2 Å². The summed E-state index contributed by atoms with van der Waals surface area (Å²) in [6.45, 7) is 9.09. The molecule has 0 aromatic carbocycles. The van der Waals surface area contributed by atoms with Gasteiger partial charge in [-0.15, -0.1) is 0 Å². The van der Waals surface area contributed by atoms with Gasteiger partial charge < -0.3 is 0 Å². The van der Waals surface area contributed by atoms with Crippen LogP contribution in [0.25, 0.3) is 0 Å². The number of hydrogen-bond donors (Lipinski definition) is 0. The molecule has 0 heterocycles. The fourth-order valence-electron chi connectivity index (χ4n) is 3.23. The summed E-state index contributed by atoms with van der Waals surface area (Å²) in [4.78, 5) is 0. The van der Waals surface area contributed by atoms with Crippen LogP contribution in [0.5, 0.6) is 0 Å². The van der Waals surface area contributed by atoms with Crippen molar-refractivity contribution in [2.75, 3.05) is 0 Å². The van der Waals surface area contributed by atoms with Crippen LogP contribution in [0.2, 0.25) is 30.2 Å². The molecule has 0 nitrogen and oxygen atoms in total. The second kappa shape index (κ2) is 14.9. The molecule has 0 fully saturated rings. The lowest BCUT2D eigenvalue weighted by atomic mass is 10.4. The van der Waals surface area contributed by atoms with Crippen LogP contribution in [0.4, 0.5) is 0 Å². The predicted octanol–water partition coefficient (Wildman–Crippen LogP) is 9.04. The lowest BCUT2D eigenvalue weighted by Crippen LogP contribution is -2.27. The molecule has 0 amide bonds. The molecule has 24 heavy (non-hydrogen) atoms. The van der Waals surface area contributed by atoms with E-state index in [1.54, 1.807) is 0 Å². The van der Waals surface area contributed by atoms with Gasteiger partial charge in [-0.3, -0.25) is 0 Å². The zero-order chi connectivity index (χ0) is 18.3. The Morgan fingerprint density at radius 3 is 1.46 bits per heavy atom. The highest BCUT2D eigenvalue weighted by atomic mass is 35.6. The SMILES string of the molecule is CCCC[Si](Cl)(/C=C/CC[Si](Cl)(CCCC)CCCC)CCCC. The maximum absolute atomic E-state index is 7.10. The highest BCUT2D eigenvalue weighted by Gasteiger charge is 2.29. The molecule has 0 unspecified atom stereocenters. The number of allylic oxidation sites excluding steroid dienone is 1. The van der Waals surface area contributed by atoms with Crippen molar-refractivity contribution in [3.8, 4) is 0 Å². The first kappa shape index (κ1) is 24.8. The molecule has 0 bridgehead atoms. The van der Waals surface area contributed by atoms with Gasteiger partial charge in [0.1, 0.15) is 0 Å². The molecular weight excluding hydrogens is 367 g/mol. The van der Waals surface area contributed by atoms with Crippen LogP contribution < -0.4 is 0 Å². The second-order valence-corrected chi connectivity index (χ2v) is 19.4. The van der Waals surface area contributed by atoms with Crippen molar-refractivity contribution in [1.82, 2.24) is 0 Å². The highest BCUT2D eigenvalue weighted by molar-refractivity contribution is 7.23. The maximum atomic E-state index is 7.10. The van der Waals surface area contributed by atoms with E-state index in [0.29, 0.717) is 0 Å². The van der Waals surface area contributed by atoms with Crippen molar-refractivity contribution in [3.05, 3.63) is 11.8 Å². The predicted molar refractivity (Wildman–Crippen MR) is 121 cm³/mol. The van der Waals surface area contributed by atoms with Crippen LogP contribution in [-0.4, -0.2) is 14.8 Å². The third-order valence-electron chi connectivity index (χ3n) is 5.02. The summed E-state index contributed by atoms with van der Waals surface area (Å²) in [5.41, 5.74) is 2.45. The van der Waals surface area contributed by atoms with Crippen LogP contribution >= 0.6 is 22.2 Å². The van der Waals surface area contributed by atoms with Gasteiger partial charge in [-0.25, -0.2) is 0 Å². The van der Waals surface area contributed by atoms with E-state index < -0.39 is 14.8 Å². The van der Waals surface area contributed by atoms with Crippen molar-refractivity contribution < 1.29 is 0 Å². The zero-order valence-electron chi connectivity index (χ0n) is 16.8. The molecule has 144 valence electrons. The minimum Gasteiger partial charge on any atom is -0.167 e. The minimum atomic E-state index is -1.67. The molecule has 0 saturated carbocycles. The number of rotatable bonds is 16. The normalized spacial score (nSPS) is 13.1. The highest BCUT2D eigenvalue weighted by Crippen LogP contribution is 2.32. The molecule has 0 rings (SSSR count). The Balaban J connectivity index is 4.56. The van der Waals surface area contributed by atoms with E-state index in [2.05, 4.69) is 39.5 Å². The van der Waals surface area contributed by atoms with Crippen molar-refractivity contribution in [3.63, 3.8) is 0 Å². The molecule has 0 spiro atoms. The van der Waals surface area contributed by atoms with Crippen molar-refractivity contribution in [2.24, 2.45) is 0 Å². The molecule has 0 aliphatic carbocycles. The summed E-state index contributed by atoms with van der Waals surface area (Å²) in [5.74, 6) is 0.